The summed E-state index contributed by atoms with van der Waals surface area (Å²) in [5.41, 5.74) is 0. The number of unbranched alkanes of at least 4 members (excludes halogenated alkanes) is 1. The molecule has 0 aliphatic heterocycles. The maximum atomic E-state index is 10.0. The van der Waals surface area contributed by atoms with Crippen LogP contribution in [-0.4, -0.2) is 25.2 Å². The molecule has 0 unspecified atom stereocenters. The first-order valence-electron chi connectivity index (χ1n) is 9.76. The van der Waals surface area contributed by atoms with Gasteiger partial charge in [-0.3, -0.25) is 4.79 Å². The fourth-order valence-electron chi connectivity index (χ4n) is 3.12. The van der Waals surface area contributed by atoms with Crippen LogP contribution in [0.2, 0.25) is 15.8 Å². The Bertz CT molecular complexity index is 255. The molecular weight excluding hydrogens is 358 g/mol. The van der Waals surface area contributed by atoms with Crippen LogP contribution in [0, 0.1) is 23.7 Å². The summed E-state index contributed by atoms with van der Waals surface area (Å²) in [6.07, 6.45) is 3.34. The smallest absolute Gasteiger partial charge is 0.303 e. The van der Waals surface area contributed by atoms with Crippen LogP contribution in [0.1, 0.15) is 81.1 Å². The molecule has 2 nitrogen and oxygen atoms in total. The third-order valence-corrected chi connectivity index (χ3v) is 8.66. The molecule has 0 bridgehead atoms. The average Bonchev–Trinajstić information content (AvgIpc) is 2.32. The summed E-state index contributed by atoms with van der Waals surface area (Å²) < 4.78 is 0. The molecule has 1 N–H and O–H groups in total. The second-order valence-electron chi connectivity index (χ2n) is 8.79. The van der Waals surface area contributed by atoms with E-state index in [0.29, 0.717) is 12.3 Å². The Morgan fingerprint density at radius 2 is 1.12 bits per heavy atom. The van der Waals surface area contributed by atoms with Gasteiger partial charge in [0.1, 0.15) is 0 Å². The van der Waals surface area contributed by atoms with E-state index in [1.165, 1.54) is 0 Å². The molecule has 0 fully saturated rings. The third-order valence-electron chi connectivity index (χ3n) is 3.84. The van der Waals surface area contributed by atoms with Gasteiger partial charge in [0.25, 0.3) is 14.1 Å². The summed E-state index contributed by atoms with van der Waals surface area (Å²) in [6.45, 7) is 18.6. The van der Waals surface area contributed by atoms with Gasteiger partial charge in [0.2, 0.25) is 0 Å². The summed E-state index contributed by atoms with van der Waals surface area (Å²) in [5, 5.41) is 12.9. The molecule has 24 heavy (non-hydrogen) atoms. The van der Waals surface area contributed by atoms with E-state index in [-0.39, 0.29) is 16.5 Å². The molecule has 0 amide bonds. The van der Waals surface area contributed by atoms with Crippen LogP contribution in [0.15, 0.2) is 0 Å². The van der Waals surface area contributed by atoms with E-state index in [4.69, 9.17) is 5.11 Å². The monoisotopic (exact) mass is 400 g/mol. The van der Waals surface area contributed by atoms with E-state index in [0.717, 1.165) is 37.0 Å². The minimum absolute atomic E-state index is 0. The van der Waals surface area contributed by atoms with Gasteiger partial charge in [0.05, 0.1) is 0 Å². The third kappa shape index (κ3) is 27.3. The second-order valence-corrected chi connectivity index (χ2v) is 11.9. The van der Waals surface area contributed by atoms with E-state index in [2.05, 4.69) is 55.4 Å². The van der Waals surface area contributed by atoms with Gasteiger partial charge in [-0.2, -0.15) is 0 Å². The first-order chi connectivity index (χ1) is 10.5. The van der Waals surface area contributed by atoms with Crippen molar-refractivity contribution in [2.75, 3.05) is 0 Å². The molecule has 0 aliphatic rings. The van der Waals surface area contributed by atoms with E-state index in [9.17, 15) is 4.79 Å². The Hall–Kier alpha value is 0.496. The Balaban J connectivity index is -0.000000364. The maximum absolute atomic E-state index is 10.0. The maximum Gasteiger partial charge on any atom is 0.303 e. The largest absolute Gasteiger partial charge is 0.481 e. The van der Waals surface area contributed by atoms with E-state index >= 15 is 0 Å². The molecule has 0 spiro atoms. The summed E-state index contributed by atoms with van der Waals surface area (Å²) in [7, 11) is 0. The minimum atomic E-state index is -0.677. The zero-order valence-electron chi connectivity index (χ0n) is 17.5. The zero-order chi connectivity index (χ0) is 18.4. The van der Waals surface area contributed by atoms with Crippen LogP contribution < -0.4 is 0 Å². The first kappa shape index (κ1) is 29.3. The zero-order valence-corrected chi connectivity index (χ0v) is 19.7. The van der Waals surface area contributed by atoms with Crippen molar-refractivity contribution in [2.45, 2.75) is 96.9 Å². The van der Waals surface area contributed by atoms with Crippen molar-refractivity contribution >= 4 is 20.1 Å². The molecule has 0 aromatic rings. The number of carboxylic acid groups (broad SMARTS) is 1. The van der Waals surface area contributed by atoms with Crippen LogP contribution in [0.3, 0.4) is 0 Å². The van der Waals surface area contributed by atoms with Crippen molar-refractivity contribution in [2.24, 2.45) is 23.7 Å². The molecular formula is C20H43AlNiO2. The molecule has 4 heteroatoms. The van der Waals surface area contributed by atoms with Crippen LogP contribution in [-0.2, 0) is 21.3 Å². The summed E-state index contributed by atoms with van der Waals surface area (Å²) in [4.78, 5) is 10.0. The van der Waals surface area contributed by atoms with Crippen LogP contribution in [0.25, 0.3) is 0 Å². The number of carboxylic acids is 1. The molecule has 0 radical (unpaired) electrons. The molecule has 0 heterocycles. The Morgan fingerprint density at radius 1 is 0.750 bits per heavy atom. The summed E-state index contributed by atoms with van der Waals surface area (Å²) in [6, 6.07) is 0. The van der Waals surface area contributed by atoms with Crippen molar-refractivity contribution in [1.82, 2.24) is 0 Å². The van der Waals surface area contributed by atoms with Gasteiger partial charge in [-0.25, -0.2) is 0 Å². The van der Waals surface area contributed by atoms with Gasteiger partial charge in [-0.15, -0.1) is 0 Å². The number of aliphatic carboxylic acids is 1. The fraction of sp³-hybridized carbons (Fsp3) is 0.950. The quantitative estimate of drug-likeness (QED) is 0.308. The van der Waals surface area contributed by atoms with Gasteiger partial charge in [-0.1, -0.05) is 102 Å². The van der Waals surface area contributed by atoms with Crippen LogP contribution >= 0.6 is 0 Å². The van der Waals surface area contributed by atoms with Gasteiger partial charge < -0.3 is 5.11 Å². The first-order valence-corrected chi connectivity index (χ1v) is 12.2. The summed E-state index contributed by atoms with van der Waals surface area (Å²) in [5.74, 6) is 2.80. The Labute approximate surface area is 166 Å². The predicted molar refractivity (Wildman–Crippen MR) is 106 cm³/mol. The topological polar surface area (TPSA) is 37.3 Å². The summed E-state index contributed by atoms with van der Waals surface area (Å²) >= 11 is -0.407. The molecule has 0 aliphatic carbocycles. The molecule has 148 valence electrons. The minimum Gasteiger partial charge on any atom is -0.481 e. The number of carbonyl (C=O) groups is 1. The average molecular weight is 401 g/mol. The Morgan fingerprint density at radius 3 is 1.38 bits per heavy atom. The predicted octanol–water partition coefficient (Wildman–Crippen LogP) is 6.73. The molecule has 0 aromatic carbocycles. The van der Waals surface area contributed by atoms with Crippen molar-refractivity contribution in [3.63, 3.8) is 0 Å². The van der Waals surface area contributed by atoms with Crippen molar-refractivity contribution in [3.05, 3.63) is 0 Å². The van der Waals surface area contributed by atoms with E-state index in [1.807, 2.05) is 0 Å². The fourth-order valence-corrected chi connectivity index (χ4v) is 7.69. The van der Waals surface area contributed by atoms with Crippen molar-refractivity contribution < 1.29 is 26.4 Å². The van der Waals surface area contributed by atoms with Gasteiger partial charge in [0.15, 0.2) is 0 Å². The molecule has 0 atom stereocenters. The number of hydrogen-bond acceptors (Lipinski definition) is 1. The van der Waals surface area contributed by atoms with Crippen LogP contribution in [0.4, 0.5) is 0 Å². The second kappa shape index (κ2) is 18.3. The molecule has 0 saturated carbocycles. The van der Waals surface area contributed by atoms with Crippen LogP contribution in [0.5, 0.6) is 0 Å². The molecule has 0 aromatic heterocycles. The van der Waals surface area contributed by atoms with Crippen molar-refractivity contribution in [1.29, 1.82) is 0 Å². The van der Waals surface area contributed by atoms with Gasteiger partial charge in [-0.05, 0) is 12.3 Å². The number of rotatable bonds is 11. The SMILES string of the molecule is CC(C)CCCCC(=O)O.CC(C)[CH2][Al]([CH2]C(C)C)[CH2]C(C)C.[Ni]. The van der Waals surface area contributed by atoms with E-state index in [1.54, 1.807) is 15.8 Å². The molecule has 0 rings (SSSR count). The Kier molecular flexibility index (Phi) is 22.3. The molecule has 0 saturated heterocycles. The standard InChI is InChI=1S/C8H16O2.3C4H9.Al.Ni/c1-7(2)5-3-4-6-8(9)10;3*1-4(2)3;;/h7H,3-6H2,1-2H3,(H,9,10);3*4H,1H2,2-3H3;;. The number of hydrogen-bond donors (Lipinski definition) is 1. The van der Waals surface area contributed by atoms with Gasteiger partial charge in [0, 0.05) is 22.9 Å². The normalized spacial score (nSPS) is 10.7. The van der Waals surface area contributed by atoms with Crippen molar-refractivity contribution in [3.8, 4) is 0 Å². The van der Waals surface area contributed by atoms with E-state index < -0.39 is 20.1 Å². The van der Waals surface area contributed by atoms with Gasteiger partial charge >= 0.3 is 5.97 Å².